The van der Waals surface area contributed by atoms with Crippen LogP contribution in [0.25, 0.3) is 0 Å². The molecule has 0 saturated carbocycles. The average Bonchev–Trinajstić information content (AvgIpc) is 2.29. The quantitative estimate of drug-likeness (QED) is 0.523. The molecule has 0 bridgehead atoms. The van der Waals surface area contributed by atoms with Crippen molar-refractivity contribution in [2.75, 3.05) is 0 Å². The van der Waals surface area contributed by atoms with Crippen LogP contribution < -0.4 is 0 Å². The Kier molecular flexibility index (Phi) is 2.10. The highest BCUT2D eigenvalue weighted by Gasteiger charge is 2.20. The summed E-state index contributed by atoms with van der Waals surface area (Å²) in [6.07, 6.45) is 2.47. The van der Waals surface area contributed by atoms with E-state index in [1.54, 1.807) is 0 Å². The SMILES string of the molecule is Cc1nc(I)cc2c1CC(C)C2. The molecule has 0 amide bonds. The molecule has 1 atom stereocenters. The average molecular weight is 273 g/mol. The molecule has 0 radical (unpaired) electrons. The second-order valence-electron chi connectivity index (χ2n) is 3.68. The largest absolute Gasteiger partial charge is 0.247 e. The van der Waals surface area contributed by atoms with Crippen molar-refractivity contribution in [3.63, 3.8) is 0 Å². The zero-order valence-electron chi connectivity index (χ0n) is 7.39. The highest BCUT2D eigenvalue weighted by molar-refractivity contribution is 14.1. The Morgan fingerprint density at radius 1 is 1.50 bits per heavy atom. The van der Waals surface area contributed by atoms with E-state index in [1.165, 1.54) is 29.7 Å². The summed E-state index contributed by atoms with van der Waals surface area (Å²) in [6, 6.07) is 2.23. The van der Waals surface area contributed by atoms with Crippen LogP contribution in [0.5, 0.6) is 0 Å². The Balaban J connectivity index is 2.52. The van der Waals surface area contributed by atoms with Gasteiger partial charge in [-0.1, -0.05) is 6.92 Å². The summed E-state index contributed by atoms with van der Waals surface area (Å²) in [5.74, 6) is 0.818. The standard InChI is InChI=1S/C10H12IN/c1-6-3-8-5-10(11)12-7(2)9(8)4-6/h5-6H,3-4H2,1-2H3. The topological polar surface area (TPSA) is 12.9 Å². The van der Waals surface area contributed by atoms with Crippen molar-refractivity contribution >= 4 is 22.6 Å². The van der Waals surface area contributed by atoms with Gasteiger partial charge in [0.05, 0.1) is 0 Å². The third kappa shape index (κ3) is 1.37. The molecule has 0 N–H and O–H groups in total. The van der Waals surface area contributed by atoms with Crippen molar-refractivity contribution in [2.45, 2.75) is 26.7 Å². The molecule has 1 aliphatic rings. The third-order valence-corrected chi connectivity index (χ3v) is 3.07. The summed E-state index contributed by atoms with van der Waals surface area (Å²) in [5.41, 5.74) is 4.27. The highest BCUT2D eigenvalue weighted by atomic mass is 127. The monoisotopic (exact) mass is 273 g/mol. The van der Waals surface area contributed by atoms with Crippen molar-refractivity contribution in [3.8, 4) is 0 Å². The fraction of sp³-hybridized carbons (Fsp3) is 0.500. The lowest BCUT2D eigenvalue weighted by atomic mass is 10.1. The van der Waals surface area contributed by atoms with Gasteiger partial charge in [0, 0.05) is 5.69 Å². The molecule has 64 valence electrons. The molecule has 1 aromatic rings. The fourth-order valence-electron chi connectivity index (χ4n) is 1.98. The van der Waals surface area contributed by atoms with Crippen LogP contribution in [-0.4, -0.2) is 4.98 Å². The molecule has 0 aromatic carbocycles. The summed E-state index contributed by atoms with van der Waals surface area (Å²) < 4.78 is 1.14. The van der Waals surface area contributed by atoms with Gasteiger partial charge in [0.1, 0.15) is 3.70 Å². The molecule has 0 fully saturated rings. The molecule has 1 aliphatic carbocycles. The van der Waals surface area contributed by atoms with Gasteiger partial charge in [-0.15, -0.1) is 0 Å². The number of aromatic nitrogens is 1. The first-order valence-electron chi connectivity index (χ1n) is 4.31. The number of fused-ring (bicyclic) bond motifs is 1. The zero-order valence-corrected chi connectivity index (χ0v) is 9.55. The van der Waals surface area contributed by atoms with E-state index < -0.39 is 0 Å². The molecule has 1 aromatic heterocycles. The van der Waals surface area contributed by atoms with Crippen LogP contribution in [0.4, 0.5) is 0 Å². The van der Waals surface area contributed by atoms with Crippen LogP contribution in [0, 0.1) is 16.5 Å². The molecule has 1 nitrogen and oxygen atoms in total. The van der Waals surface area contributed by atoms with Gasteiger partial charge in [-0.3, -0.25) is 0 Å². The molecule has 1 heterocycles. The summed E-state index contributed by atoms with van der Waals surface area (Å²) in [6.45, 7) is 4.44. The second kappa shape index (κ2) is 2.98. The first kappa shape index (κ1) is 8.48. The predicted octanol–water partition coefficient (Wildman–Crippen LogP) is 2.73. The molecular weight excluding hydrogens is 261 g/mol. The number of rotatable bonds is 0. The lowest BCUT2D eigenvalue weighted by Crippen LogP contribution is -1.94. The van der Waals surface area contributed by atoms with Gasteiger partial charge >= 0.3 is 0 Å². The van der Waals surface area contributed by atoms with Gasteiger partial charge in [-0.2, -0.15) is 0 Å². The van der Waals surface area contributed by atoms with Crippen LogP contribution in [0.15, 0.2) is 6.07 Å². The van der Waals surface area contributed by atoms with Crippen LogP contribution in [-0.2, 0) is 12.8 Å². The summed E-state index contributed by atoms with van der Waals surface area (Å²) in [5, 5.41) is 0. The van der Waals surface area contributed by atoms with Crippen molar-refractivity contribution < 1.29 is 0 Å². The van der Waals surface area contributed by atoms with Gasteiger partial charge in [0.2, 0.25) is 0 Å². The Morgan fingerprint density at radius 2 is 2.25 bits per heavy atom. The Bertz CT molecular complexity index is 320. The van der Waals surface area contributed by atoms with Crippen LogP contribution in [0.3, 0.4) is 0 Å². The van der Waals surface area contributed by atoms with Crippen LogP contribution in [0.1, 0.15) is 23.7 Å². The lowest BCUT2D eigenvalue weighted by Gasteiger charge is -2.02. The number of pyridine rings is 1. The molecule has 0 saturated heterocycles. The number of hydrogen-bond donors (Lipinski definition) is 0. The first-order valence-corrected chi connectivity index (χ1v) is 5.39. The summed E-state index contributed by atoms with van der Waals surface area (Å²) >= 11 is 2.29. The molecule has 1 unspecified atom stereocenters. The van der Waals surface area contributed by atoms with Gasteiger partial charge in [-0.25, -0.2) is 4.98 Å². The van der Waals surface area contributed by atoms with Gasteiger partial charge in [0.25, 0.3) is 0 Å². The third-order valence-electron chi connectivity index (χ3n) is 2.51. The highest BCUT2D eigenvalue weighted by Crippen LogP contribution is 2.28. The minimum atomic E-state index is 0.818. The molecule has 2 heteroatoms. The Hall–Kier alpha value is -0.120. The number of halogens is 1. The van der Waals surface area contributed by atoms with Gasteiger partial charge in [-0.05, 0) is 65.5 Å². The van der Waals surface area contributed by atoms with E-state index in [-0.39, 0.29) is 0 Å². The molecule has 0 aliphatic heterocycles. The van der Waals surface area contributed by atoms with Crippen LogP contribution >= 0.6 is 22.6 Å². The van der Waals surface area contributed by atoms with Gasteiger partial charge in [0.15, 0.2) is 0 Å². The smallest absolute Gasteiger partial charge is 0.101 e. The summed E-state index contributed by atoms with van der Waals surface area (Å²) in [7, 11) is 0. The van der Waals surface area contributed by atoms with E-state index in [2.05, 4.69) is 47.5 Å². The first-order chi connectivity index (χ1) is 5.66. The normalized spacial score (nSPS) is 21.1. The van der Waals surface area contributed by atoms with E-state index in [0.29, 0.717) is 0 Å². The minimum Gasteiger partial charge on any atom is -0.247 e. The van der Waals surface area contributed by atoms with Crippen molar-refractivity contribution in [1.29, 1.82) is 0 Å². The van der Waals surface area contributed by atoms with E-state index in [4.69, 9.17) is 0 Å². The number of nitrogens with zero attached hydrogens (tertiary/aromatic N) is 1. The van der Waals surface area contributed by atoms with E-state index in [1.807, 2.05) is 0 Å². The number of hydrogen-bond acceptors (Lipinski definition) is 1. The van der Waals surface area contributed by atoms with Crippen molar-refractivity contribution in [2.24, 2.45) is 5.92 Å². The lowest BCUT2D eigenvalue weighted by molar-refractivity contribution is 0.626. The maximum Gasteiger partial charge on any atom is 0.101 e. The van der Waals surface area contributed by atoms with E-state index in [9.17, 15) is 0 Å². The second-order valence-corrected chi connectivity index (χ2v) is 4.79. The maximum absolute atomic E-state index is 4.47. The minimum absolute atomic E-state index is 0.818. The fourth-order valence-corrected chi connectivity index (χ4v) is 2.72. The molecule has 0 spiro atoms. The Morgan fingerprint density at radius 3 is 3.00 bits per heavy atom. The van der Waals surface area contributed by atoms with E-state index >= 15 is 0 Å². The predicted molar refractivity (Wildman–Crippen MR) is 58.3 cm³/mol. The zero-order chi connectivity index (χ0) is 8.72. The van der Waals surface area contributed by atoms with Crippen molar-refractivity contribution in [3.05, 3.63) is 26.6 Å². The van der Waals surface area contributed by atoms with Gasteiger partial charge < -0.3 is 0 Å². The summed E-state index contributed by atoms with van der Waals surface area (Å²) in [4.78, 5) is 4.47. The Labute approximate surface area is 86.7 Å². The molecule has 2 rings (SSSR count). The van der Waals surface area contributed by atoms with E-state index in [0.717, 1.165) is 9.62 Å². The maximum atomic E-state index is 4.47. The van der Waals surface area contributed by atoms with Crippen LogP contribution in [0.2, 0.25) is 0 Å². The molecule has 12 heavy (non-hydrogen) atoms. The number of aryl methyl sites for hydroxylation is 1. The van der Waals surface area contributed by atoms with Crippen molar-refractivity contribution in [1.82, 2.24) is 4.98 Å². The molecular formula is C10H12IN.